The molecule has 3 aromatic heterocycles. The van der Waals surface area contributed by atoms with Gasteiger partial charge in [-0.15, -0.1) is 11.3 Å². The van der Waals surface area contributed by atoms with Crippen LogP contribution in [0, 0.1) is 0 Å². The predicted molar refractivity (Wildman–Crippen MR) is 93.9 cm³/mol. The van der Waals surface area contributed by atoms with E-state index in [2.05, 4.69) is 26.2 Å². The number of hydrogen-bond acceptors (Lipinski definition) is 6. The highest BCUT2D eigenvalue weighted by atomic mass is 32.2. The third-order valence-corrected chi connectivity index (χ3v) is 5.99. The minimum atomic E-state index is -0.0377. The van der Waals surface area contributed by atoms with Gasteiger partial charge in [0.15, 0.2) is 0 Å². The highest BCUT2D eigenvalue weighted by molar-refractivity contribution is 7.99. The third-order valence-electron chi connectivity index (χ3n) is 4.07. The summed E-state index contributed by atoms with van der Waals surface area (Å²) >= 11 is 3.39. The Morgan fingerprint density at radius 2 is 2.39 bits per heavy atom. The van der Waals surface area contributed by atoms with Gasteiger partial charge in [-0.3, -0.25) is 14.4 Å². The molecule has 3 aromatic rings. The van der Waals surface area contributed by atoms with Gasteiger partial charge >= 0.3 is 0 Å². The van der Waals surface area contributed by atoms with Crippen LogP contribution in [0.4, 0.5) is 0 Å². The van der Waals surface area contributed by atoms with Crippen molar-refractivity contribution < 1.29 is 0 Å². The summed E-state index contributed by atoms with van der Waals surface area (Å²) in [6.07, 6.45) is 4.00. The fourth-order valence-corrected chi connectivity index (χ4v) is 4.82. The molecule has 1 fully saturated rings. The molecule has 0 aliphatic carbocycles. The summed E-state index contributed by atoms with van der Waals surface area (Å²) in [5.74, 6) is 2.87. The number of nitrogens with zero attached hydrogens (tertiary/aromatic N) is 4. The molecule has 1 aliphatic heterocycles. The summed E-state index contributed by atoms with van der Waals surface area (Å²) in [5.41, 5.74) is 1.97. The Balaban J connectivity index is 1.63. The number of rotatable bonds is 3. The van der Waals surface area contributed by atoms with Crippen LogP contribution in [0.3, 0.4) is 0 Å². The van der Waals surface area contributed by atoms with Gasteiger partial charge in [-0.05, 0) is 11.4 Å². The normalized spacial score (nSPS) is 19.4. The molecule has 1 N–H and O–H groups in total. The van der Waals surface area contributed by atoms with Crippen LogP contribution in [-0.4, -0.2) is 42.7 Å². The summed E-state index contributed by atoms with van der Waals surface area (Å²) in [7, 11) is 1.94. The molecule has 4 rings (SSSR count). The first-order valence-corrected chi connectivity index (χ1v) is 9.51. The number of aromatic nitrogens is 4. The minimum Gasteiger partial charge on any atom is -0.308 e. The van der Waals surface area contributed by atoms with Crippen LogP contribution in [0.25, 0.3) is 10.2 Å². The Kier molecular flexibility index (Phi) is 3.96. The smallest absolute Gasteiger partial charge is 0.268 e. The number of thioether (sulfide) groups is 1. The van der Waals surface area contributed by atoms with Crippen LogP contribution in [0.5, 0.6) is 0 Å². The fourth-order valence-electron chi connectivity index (χ4n) is 2.94. The Bertz CT molecular complexity index is 883. The Morgan fingerprint density at radius 3 is 3.22 bits per heavy atom. The molecule has 0 radical (unpaired) electrons. The summed E-state index contributed by atoms with van der Waals surface area (Å²) < 4.78 is 2.54. The molecule has 1 atom stereocenters. The first-order valence-electron chi connectivity index (χ1n) is 7.47. The van der Waals surface area contributed by atoms with Crippen molar-refractivity contribution in [1.82, 2.24) is 24.6 Å². The maximum Gasteiger partial charge on any atom is 0.268 e. The number of hydrogen-bond donors (Lipinski definition) is 1. The second-order valence-corrected chi connectivity index (χ2v) is 7.72. The summed E-state index contributed by atoms with van der Waals surface area (Å²) in [5, 5.41) is 6.20. The van der Waals surface area contributed by atoms with Crippen molar-refractivity contribution >= 4 is 33.3 Å². The highest BCUT2D eigenvalue weighted by Crippen LogP contribution is 2.30. The van der Waals surface area contributed by atoms with Gasteiger partial charge in [-0.25, -0.2) is 4.98 Å². The molecule has 0 aromatic carbocycles. The van der Waals surface area contributed by atoms with Crippen molar-refractivity contribution in [3.05, 3.63) is 45.6 Å². The SMILES string of the molecule is Cn1cc(C2CSCCN2Cc2nc3ccsc3c(=O)[nH]2)cn1. The Hall–Kier alpha value is -1.64. The lowest BCUT2D eigenvalue weighted by atomic mass is 10.1. The molecule has 0 amide bonds. The molecule has 0 spiro atoms. The van der Waals surface area contributed by atoms with Gasteiger partial charge in [0.2, 0.25) is 0 Å². The van der Waals surface area contributed by atoms with Gasteiger partial charge in [0.25, 0.3) is 5.56 Å². The lowest BCUT2D eigenvalue weighted by Gasteiger charge is -2.34. The first kappa shape index (κ1) is 14.9. The lowest BCUT2D eigenvalue weighted by molar-refractivity contribution is 0.207. The standard InChI is InChI=1S/C15H17N5OS2/c1-19-7-10(6-16-19)12-9-22-5-3-20(12)8-13-17-11-2-4-23-14(11)15(21)18-13/h2,4,6-7,12H,3,5,8-9H2,1H3,(H,17,18,21). The van der Waals surface area contributed by atoms with Gasteiger partial charge in [-0.2, -0.15) is 16.9 Å². The number of aryl methyl sites for hydroxylation is 1. The van der Waals surface area contributed by atoms with Crippen molar-refractivity contribution in [3.8, 4) is 0 Å². The van der Waals surface area contributed by atoms with E-state index in [1.165, 1.54) is 16.9 Å². The van der Waals surface area contributed by atoms with E-state index in [-0.39, 0.29) is 5.56 Å². The average molecular weight is 347 g/mol. The monoisotopic (exact) mass is 347 g/mol. The number of thiophene rings is 1. The third kappa shape index (κ3) is 2.93. The van der Waals surface area contributed by atoms with Crippen molar-refractivity contribution in [2.45, 2.75) is 12.6 Å². The maximum absolute atomic E-state index is 12.1. The van der Waals surface area contributed by atoms with Crippen LogP contribution in [0.2, 0.25) is 0 Å². The number of nitrogens with one attached hydrogen (secondary N) is 1. The quantitative estimate of drug-likeness (QED) is 0.785. The second kappa shape index (κ2) is 6.10. The van der Waals surface area contributed by atoms with Crippen LogP contribution in [0.1, 0.15) is 17.4 Å². The number of H-pyrrole nitrogens is 1. The van der Waals surface area contributed by atoms with E-state index < -0.39 is 0 Å². The van der Waals surface area contributed by atoms with Crippen LogP contribution < -0.4 is 5.56 Å². The Morgan fingerprint density at radius 1 is 1.48 bits per heavy atom. The largest absolute Gasteiger partial charge is 0.308 e. The van der Waals surface area contributed by atoms with E-state index in [0.717, 1.165) is 29.4 Å². The van der Waals surface area contributed by atoms with E-state index in [0.29, 0.717) is 17.3 Å². The lowest BCUT2D eigenvalue weighted by Crippen LogP contribution is -2.36. The topological polar surface area (TPSA) is 66.8 Å². The van der Waals surface area contributed by atoms with E-state index >= 15 is 0 Å². The van der Waals surface area contributed by atoms with Crippen molar-refractivity contribution in [1.29, 1.82) is 0 Å². The van der Waals surface area contributed by atoms with E-state index in [9.17, 15) is 4.79 Å². The van der Waals surface area contributed by atoms with E-state index in [1.54, 1.807) is 0 Å². The Labute approximate surface area is 141 Å². The molecule has 6 nitrogen and oxygen atoms in total. The molecular weight excluding hydrogens is 330 g/mol. The van der Waals surface area contributed by atoms with Gasteiger partial charge in [0, 0.05) is 42.9 Å². The van der Waals surface area contributed by atoms with Crippen molar-refractivity contribution in [2.24, 2.45) is 7.05 Å². The number of aromatic amines is 1. The second-order valence-electron chi connectivity index (χ2n) is 5.66. The summed E-state index contributed by atoms with van der Waals surface area (Å²) in [6.45, 7) is 1.64. The predicted octanol–water partition coefficient (Wildman–Crippen LogP) is 2.01. The summed E-state index contributed by atoms with van der Waals surface area (Å²) in [4.78, 5) is 22.1. The molecule has 120 valence electrons. The van der Waals surface area contributed by atoms with Gasteiger partial charge in [0.05, 0.1) is 18.3 Å². The molecule has 4 heterocycles. The zero-order valence-corrected chi connectivity index (χ0v) is 14.4. The van der Waals surface area contributed by atoms with Gasteiger partial charge in [-0.1, -0.05) is 0 Å². The van der Waals surface area contributed by atoms with Gasteiger partial charge < -0.3 is 4.98 Å². The molecule has 0 bridgehead atoms. The molecular formula is C15H17N5OS2. The minimum absolute atomic E-state index is 0.0377. The fraction of sp³-hybridized carbons (Fsp3) is 0.400. The van der Waals surface area contributed by atoms with Crippen molar-refractivity contribution in [3.63, 3.8) is 0 Å². The zero-order valence-electron chi connectivity index (χ0n) is 12.7. The van der Waals surface area contributed by atoms with E-state index in [1.807, 2.05) is 41.1 Å². The van der Waals surface area contributed by atoms with Crippen LogP contribution in [-0.2, 0) is 13.6 Å². The molecule has 1 saturated heterocycles. The van der Waals surface area contributed by atoms with Crippen molar-refractivity contribution in [2.75, 3.05) is 18.1 Å². The molecule has 0 saturated carbocycles. The molecule has 8 heteroatoms. The molecule has 1 aliphatic rings. The number of fused-ring (bicyclic) bond motifs is 1. The molecule has 23 heavy (non-hydrogen) atoms. The van der Waals surface area contributed by atoms with Gasteiger partial charge in [0.1, 0.15) is 10.5 Å². The highest BCUT2D eigenvalue weighted by Gasteiger charge is 2.26. The van der Waals surface area contributed by atoms with E-state index in [4.69, 9.17) is 0 Å². The molecule has 1 unspecified atom stereocenters. The van der Waals surface area contributed by atoms with Crippen LogP contribution >= 0.6 is 23.1 Å². The summed E-state index contributed by atoms with van der Waals surface area (Å²) in [6, 6.07) is 2.22. The average Bonchev–Trinajstić information content (AvgIpc) is 3.17. The first-order chi connectivity index (χ1) is 11.2. The maximum atomic E-state index is 12.1. The van der Waals surface area contributed by atoms with Crippen LogP contribution in [0.15, 0.2) is 28.6 Å². The zero-order chi connectivity index (χ0) is 15.8.